The lowest BCUT2D eigenvalue weighted by Gasteiger charge is -2.24. The van der Waals surface area contributed by atoms with Crippen molar-refractivity contribution < 1.29 is 14.0 Å². The number of carbonyl (C=O) groups excluding carboxylic acids is 2. The van der Waals surface area contributed by atoms with Gasteiger partial charge >= 0.3 is 0 Å². The molecule has 3 rings (SSSR count). The van der Waals surface area contributed by atoms with Crippen LogP contribution in [0.25, 0.3) is 0 Å². The average molecular weight is 368 g/mol. The predicted octanol–water partition coefficient (Wildman–Crippen LogP) is 2.90. The Kier molecular flexibility index (Phi) is 5.06. The largest absolute Gasteiger partial charge is 0.467 e. The molecule has 1 N–H and O–H groups in total. The van der Waals surface area contributed by atoms with Crippen molar-refractivity contribution in [2.75, 3.05) is 6.54 Å². The number of pyridine rings is 1. The third kappa shape index (κ3) is 3.55. The number of halogens is 2. The van der Waals surface area contributed by atoms with E-state index in [9.17, 15) is 9.59 Å². The highest BCUT2D eigenvalue weighted by Gasteiger charge is 2.34. The molecule has 0 bridgehead atoms. The van der Waals surface area contributed by atoms with E-state index >= 15 is 0 Å². The zero-order valence-corrected chi connectivity index (χ0v) is 14.2. The van der Waals surface area contributed by atoms with Crippen LogP contribution in [0.15, 0.2) is 35.1 Å². The van der Waals surface area contributed by atoms with E-state index in [1.807, 2.05) is 0 Å². The van der Waals surface area contributed by atoms with Crippen LogP contribution in [0.5, 0.6) is 0 Å². The Morgan fingerprint density at radius 1 is 1.42 bits per heavy atom. The number of aromatic nitrogens is 1. The fraction of sp³-hybridized carbons (Fsp3) is 0.312. The second kappa shape index (κ2) is 7.23. The van der Waals surface area contributed by atoms with Gasteiger partial charge < -0.3 is 14.6 Å². The summed E-state index contributed by atoms with van der Waals surface area (Å²) in [5.41, 5.74) is 0.315. The Balaban J connectivity index is 1.68. The Hall–Kier alpha value is -2.05. The van der Waals surface area contributed by atoms with Crippen molar-refractivity contribution in [2.45, 2.75) is 25.4 Å². The highest BCUT2D eigenvalue weighted by atomic mass is 35.5. The van der Waals surface area contributed by atoms with Gasteiger partial charge in [-0.15, -0.1) is 0 Å². The first-order valence-corrected chi connectivity index (χ1v) is 8.24. The SMILES string of the molecule is O=C(NCc1ccco1)C1CCCN1C(=O)c1cnc(Cl)c(Cl)c1. The van der Waals surface area contributed by atoms with Gasteiger partial charge in [-0.3, -0.25) is 9.59 Å². The average Bonchev–Trinajstić information content (AvgIpc) is 3.26. The maximum Gasteiger partial charge on any atom is 0.256 e. The summed E-state index contributed by atoms with van der Waals surface area (Å²) in [6, 6.07) is 4.49. The number of nitrogens with one attached hydrogen (secondary N) is 1. The van der Waals surface area contributed by atoms with E-state index in [4.69, 9.17) is 27.6 Å². The molecule has 0 spiro atoms. The zero-order chi connectivity index (χ0) is 17.1. The minimum Gasteiger partial charge on any atom is -0.467 e. The molecule has 0 aliphatic carbocycles. The van der Waals surface area contributed by atoms with E-state index in [1.54, 1.807) is 23.3 Å². The van der Waals surface area contributed by atoms with Gasteiger partial charge in [0.05, 0.1) is 23.4 Å². The summed E-state index contributed by atoms with van der Waals surface area (Å²) in [7, 11) is 0. The lowest BCUT2D eigenvalue weighted by Crippen LogP contribution is -2.45. The Bertz CT molecular complexity index is 749. The topological polar surface area (TPSA) is 75.4 Å². The number of amides is 2. The number of carbonyl (C=O) groups is 2. The molecular formula is C16H15Cl2N3O3. The van der Waals surface area contributed by atoms with Crippen LogP contribution in [0, 0.1) is 0 Å². The molecule has 3 heterocycles. The smallest absolute Gasteiger partial charge is 0.256 e. The highest BCUT2D eigenvalue weighted by Crippen LogP contribution is 2.24. The van der Waals surface area contributed by atoms with Gasteiger partial charge in [-0.2, -0.15) is 0 Å². The maximum atomic E-state index is 12.6. The second-order valence-electron chi connectivity index (χ2n) is 5.45. The molecule has 1 aliphatic rings. The van der Waals surface area contributed by atoms with E-state index in [0.29, 0.717) is 30.8 Å². The summed E-state index contributed by atoms with van der Waals surface area (Å²) in [6.45, 7) is 0.802. The maximum absolute atomic E-state index is 12.6. The molecule has 24 heavy (non-hydrogen) atoms. The molecule has 0 saturated carbocycles. The summed E-state index contributed by atoms with van der Waals surface area (Å²) < 4.78 is 5.18. The monoisotopic (exact) mass is 367 g/mol. The first kappa shape index (κ1) is 16.8. The second-order valence-corrected chi connectivity index (χ2v) is 6.22. The lowest BCUT2D eigenvalue weighted by atomic mass is 10.2. The summed E-state index contributed by atoms with van der Waals surface area (Å²) in [5.74, 6) is 0.176. The zero-order valence-electron chi connectivity index (χ0n) is 12.7. The van der Waals surface area contributed by atoms with Gasteiger partial charge in [-0.25, -0.2) is 4.98 Å². The molecule has 1 unspecified atom stereocenters. The molecule has 2 amide bonds. The molecule has 8 heteroatoms. The molecule has 1 aliphatic heterocycles. The number of furan rings is 1. The number of likely N-dealkylation sites (tertiary alicyclic amines) is 1. The molecule has 0 radical (unpaired) electrons. The van der Waals surface area contributed by atoms with Crippen molar-refractivity contribution in [1.29, 1.82) is 0 Å². The van der Waals surface area contributed by atoms with Gasteiger partial charge in [-0.05, 0) is 31.0 Å². The van der Waals surface area contributed by atoms with Crippen LogP contribution < -0.4 is 5.32 Å². The summed E-state index contributed by atoms with van der Waals surface area (Å²) in [6.07, 6.45) is 4.29. The van der Waals surface area contributed by atoms with Crippen molar-refractivity contribution in [3.8, 4) is 0 Å². The van der Waals surface area contributed by atoms with Crippen molar-refractivity contribution >= 4 is 35.0 Å². The third-order valence-corrected chi connectivity index (χ3v) is 4.56. The fourth-order valence-electron chi connectivity index (χ4n) is 2.69. The Morgan fingerprint density at radius 2 is 2.25 bits per heavy atom. The molecule has 0 aromatic carbocycles. The molecule has 1 saturated heterocycles. The number of hydrogen-bond acceptors (Lipinski definition) is 4. The first-order chi connectivity index (χ1) is 11.6. The quantitative estimate of drug-likeness (QED) is 0.842. The minimum absolute atomic E-state index is 0.141. The fourth-order valence-corrected chi connectivity index (χ4v) is 2.96. The minimum atomic E-state index is -0.512. The van der Waals surface area contributed by atoms with Crippen LogP contribution in [-0.4, -0.2) is 34.3 Å². The van der Waals surface area contributed by atoms with E-state index in [0.717, 1.165) is 6.42 Å². The Labute approximate surface area is 148 Å². The van der Waals surface area contributed by atoms with E-state index < -0.39 is 6.04 Å². The van der Waals surface area contributed by atoms with Gasteiger partial charge in [0.25, 0.3) is 5.91 Å². The van der Waals surface area contributed by atoms with Crippen molar-refractivity contribution in [2.24, 2.45) is 0 Å². The van der Waals surface area contributed by atoms with E-state index in [-0.39, 0.29) is 22.0 Å². The van der Waals surface area contributed by atoms with Gasteiger partial charge in [0.2, 0.25) is 5.91 Å². The van der Waals surface area contributed by atoms with E-state index in [2.05, 4.69) is 10.3 Å². The Morgan fingerprint density at radius 3 is 2.96 bits per heavy atom. The van der Waals surface area contributed by atoms with Gasteiger partial charge in [-0.1, -0.05) is 23.2 Å². The van der Waals surface area contributed by atoms with Crippen molar-refractivity contribution in [1.82, 2.24) is 15.2 Å². The number of hydrogen-bond donors (Lipinski definition) is 1. The van der Waals surface area contributed by atoms with Crippen LogP contribution in [-0.2, 0) is 11.3 Å². The van der Waals surface area contributed by atoms with Crippen LogP contribution in [0.2, 0.25) is 10.2 Å². The van der Waals surface area contributed by atoms with Crippen molar-refractivity contribution in [3.05, 3.63) is 52.2 Å². The van der Waals surface area contributed by atoms with Gasteiger partial charge in [0, 0.05) is 12.7 Å². The first-order valence-electron chi connectivity index (χ1n) is 7.48. The standard InChI is InChI=1S/C16H15Cl2N3O3/c17-12-7-10(8-19-14(12)18)16(23)21-5-1-4-13(21)15(22)20-9-11-3-2-6-24-11/h2-3,6-8,13H,1,4-5,9H2,(H,20,22). The molecule has 1 atom stereocenters. The van der Waals surface area contributed by atoms with Crippen LogP contribution in [0.3, 0.4) is 0 Å². The molecule has 1 fully saturated rings. The molecule has 2 aromatic rings. The summed E-state index contributed by atoms with van der Waals surface area (Å²) in [4.78, 5) is 30.5. The van der Waals surface area contributed by atoms with Crippen LogP contribution >= 0.6 is 23.2 Å². The molecule has 2 aromatic heterocycles. The summed E-state index contributed by atoms with van der Waals surface area (Å²) >= 11 is 11.7. The van der Waals surface area contributed by atoms with Crippen LogP contribution in [0.1, 0.15) is 29.0 Å². The normalized spacial score (nSPS) is 17.1. The number of rotatable bonds is 4. The predicted molar refractivity (Wildman–Crippen MR) is 88.9 cm³/mol. The number of nitrogens with zero attached hydrogens (tertiary/aromatic N) is 2. The lowest BCUT2D eigenvalue weighted by molar-refractivity contribution is -0.125. The van der Waals surface area contributed by atoms with E-state index in [1.165, 1.54) is 12.3 Å². The van der Waals surface area contributed by atoms with Crippen molar-refractivity contribution in [3.63, 3.8) is 0 Å². The molecule has 126 valence electrons. The molecule has 6 nitrogen and oxygen atoms in total. The van der Waals surface area contributed by atoms with Crippen LogP contribution in [0.4, 0.5) is 0 Å². The summed E-state index contributed by atoms with van der Waals surface area (Å²) in [5, 5.41) is 3.14. The highest BCUT2D eigenvalue weighted by molar-refractivity contribution is 6.41. The molecular weight excluding hydrogens is 353 g/mol. The third-order valence-electron chi connectivity index (χ3n) is 3.88. The van der Waals surface area contributed by atoms with Gasteiger partial charge in [0.15, 0.2) is 0 Å². The van der Waals surface area contributed by atoms with Gasteiger partial charge in [0.1, 0.15) is 17.0 Å².